The summed E-state index contributed by atoms with van der Waals surface area (Å²) in [5.74, 6) is -0.244. The molecule has 0 fully saturated rings. The third-order valence-electron chi connectivity index (χ3n) is 3.68. The van der Waals surface area contributed by atoms with Crippen molar-refractivity contribution in [3.05, 3.63) is 59.5 Å². The summed E-state index contributed by atoms with van der Waals surface area (Å²) in [6, 6.07) is 9.95. The van der Waals surface area contributed by atoms with Gasteiger partial charge in [0.15, 0.2) is 11.6 Å². The molecule has 0 saturated heterocycles. The van der Waals surface area contributed by atoms with Gasteiger partial charge in [-0.2, -0.15) is 4.98 Å². The number of hydrogen-bond acceptors (Lipinski definition) is 6. The largest absolute Gasteiger partial charge is 0.508 e. The van der Waals surface area contributed by atoms with Gasteiger partial charge >= 0.3 is 0 Å². The molecule has 1 heterocycles. The summed E-state index contributed by atoms with van der Waals surface area (Å²) in [5, 5.41) is 25.2. The van der Waals surface area contributed by atoms with Gasteiger partial charge in [-0.1, -0.05) is 12.1 Å². The molecule has 0 radical (unpaired) electrons. The third-order valence-corrected chi connectivity index (χ3v) is 3.68. The molecule has 4 N–H and O–H groups in total. The molecule has 0 spiro atoms. The normalized spacial score (nSPS) is 10.5. The fraction of sp³-hybridized carbons (Fsp3) is 0.111. The summed E-state index contributed by atoms with van der Waals surface area (Å²) in [4.78, 5) is 7.99. The standard InChI is InChI=1S/C18H17FN4O2/c1-10-3-5-12(7-15(10)24)21-17-14(19)9-20-18(23-17)22-13-6-4-11(2)16(25)8-13/h3-9,24-25H,1-2H3,(H2,20,21,22,23). The number of nitrogens with one attached hydrogen (secondary N) is 2. The lowest BCUT2D eigenvalue weighted by Crippen LogP contribution is -2.03. The zero-order valence-corrected chi connectivity index (χ0v) is 13.7. The van der Waals surface area contributed by atoms with Gasteiger partial charge in [0.25, 0.3) is 0 Å². The number of phenols is 2. The summed E-state index contributed by atoms with van der Waals surface area (Å²) in [5.41, 5.74) is 2.54. The first-order valence-electron chi connectivity index (χ1n) is 7.58. The molecule has 6 nitrogen and oxygen atoms in total. The number of anilines is 4. The molecular weight excluding hydrogens is 323 g/mol. The van der Waals surface area contributed by atoms with Crippen LogP contribution < -0.4 is 10.6 Å². The van der Waals surface area contributed by atoms with Crippen molar-refractivity contribution in [1.82, 2.24) is 9.97 Å². The lowest BCUT2D eigenvalue weighted by Gasteiger charge is -2.11. The maximum absolute atomic E-state index is 14.0. The van der Waals surface area contributed by atoms with Crippen molar-refractivity contribution in [3.63, 3.8) is 0 Å². The van der Waals surface area contributed by atoms with Gasteiger partial charge in [0.05, 0.1) is 6.20 Å². The van der Waals surface area contributed by atoms with E-state index in [1.165, 1.54) is 12.1 Å². The van der Waals surface area contributed by atoms with Gasteiger partial charge < -0.3 is 20.8 Å². The minimum Gasteiger partial charge on any atom is -0.508 e. The fourth-order valence-electron chi connectivity index (χ4n) is 2.16. The van der Waals surface area contributed by atoms with Crippen LogP contribution in [0, 0.1) is 19.7 Å². The lowest BCUT2D eigenvalue weighted by molar-refractivity contribution is 0.471. The number of nitrogens with zero attached hydrogens (tertiary/aromatic N) is 2. The van der Waals surface area contributed by atoms with E-state index in [4.69, 9.17) is 0 Å². The number of halogens is 1. The number of aryl methyl sites for hydroxylation is 2. The Morgan fingerprint density at radius 3 is 2.00 bits per heavy atom. The van der Waals surface area contributed by atoms with Crippen molar-refractivity contribution in [2.45, 2.75) is 13.8 Å². The predicted octanol–water partition coefficient (Wildman–Crippen LogP) is 4.13. The Morgan fingerprint density at radius 1 is 0.880 bits per heavy atom. The smallest absolute Gasteiger partial charge is 0.229 e. The maximum Gasteiger partial charge on any atom is 0.229 e. The number of rotatable bonds is 4. The molecule has 3 rings (SSSR count). The van der Waals surface area contributed by atoms with E-state index in [1.807, 2.05) is 0 Å². The average Bonchev–Trinajstić information content (AvgIpc) is 2.57. The van der Waals surface area contributed by atoms with E-state index in [9.17, 15) is 14.6 Å². The fourth-order valence-corrected chi connectivity index (χ4v) is 2.16. The van der Waals surface area contributed by atoms with Crippen LogP contribution in [0.3, 0.4) is 0 Å². The summed E-state index contributed by atoms with van der Waals surface area (Å²) in [6.45, 7) is 3.55. The van der Waals surface area contributed by atoms with Crippen LogP contribution in [0.4, 0.5) is 27.5 Å². The molecule has 0 atom stereocenters. The topological polar surface area (TPSA) is 90.3 Å². The van der Waals surface area contributed by atoms with Crippen LogP contribution in [-0.4, -0.2) is 20.2 Å². The Labute approximate surface area is 144 Å². The third kappa shape index (κ3) is 3.77. The number of benzene rings is 2. The van der Waals surface area contributed by atoms with Crippen molar-refractivity contribution < 1.29 is 14.6 Å². The summed E-state index contributed by atoms with van der Waals surface area (Å²) in [7, 11) is 0. The first kappa shape index (κ1) is 16.5. The van der Waals surface area contributed by atoms with Gasteiger partial charge in [-0.25, -0.2) is 9.37 Å². The number of aromatic nitrogens is 2. The van der Waals surface area contributed by atoms with E-state index in [1.54, 1.807) is 38.1 Å². The first-order valence-corrected chi connectivity index (χ1v) is 7.58. The van der Waals surface area contributed by atoms with Crippen LogP contribution in [-0.2, 0) is 0 Å². The average molecular weight is 340 g/mol. The zero-order valence-electron chi connectivity index (χ0n) is 13.7. The molecule has 1 aromatic heterocycles. The van der Waals surface area contributed by atoms with Gasteiger partial charge in [-0.15, -0.1) is 0 Å². The summed E-state index contributed by atoms with van der Waals surface area (Å²) >= 11 is 0. The highest BCUT2D eigenvalue weighted by Gasteiger charge is 2.09. The monoisotopic (exact) mass is 340 g/mol. The Kier molecular flexibility index (Phi) is 4.38. The molecule has 0 bridgehead atoms. The summed E-state index contributed by atoms with van der Waals surface area (Å²) in [6.07, 6.45) is 1.04. The van der Waals surface area contributed by atoms with E-state index in [0.717, 1.165) is 17.3 Å². The molecule has 0 aliphatic carbocycles. The molecule has 25 heavy (non-hydrogen) atoms. The van der Waals surface area contributed by atoms with Gasteiger partial charge in [-0.05, 0) is 37.1 Å². The maximum atomic E-state index is 14.0. The van der Waals surface area contributed by atoms with Crippen LogP contribution >= 0.6 is 0 Å². The highest BCUT2D eigenvalue weighted by molar-refractivity contribution is 5.62. The Morgan fingerprint density at radius 2 is 1.44 bits per heavy atom. The van der Waals surface area contributed by atoms with E-state index in [-0.39, 0.29) is 23.3 Å². The van der Waals surface area contributed by atoms with E-state index < -0.39 is 5.82 Å². The van der Waals surface area contributed by atoms with Gasteiger partial charge in [-0.3, -0.25) is 0 Å². The Balaban J connectivity index is 1.84. The molecule has 2 aromatic carbocycles. The molecule has 128 valence electrons. The molecular formula is C18H17FN4O2. The SMILES string of the molecule is Cc1ccc(Nc2ncc(F)c(Nc3ccc(C)c(O)c3)n2)cc1O. The molecule has 0 unspecified atom stereocenters. The molecule has 0 amide bonds. The molecule has 3 aromatic rings. The minimum absolute atomic E-state index is 0.0305. The molecule has 0 saturated carbocycles. The molecule has 0 aliphatic rings. The van der Waals surface area contributed by atoms with Crippen molar-refractivity contribution in [3.8, 4) is 11.5 Å². The van der Waals surface area contributed by atoms with Crippen molar-refractivity contribution in [2.75, 3.05) is 10.6 Å². The van der Waals surface area contributed by atoms with Crippen molar-refractivity contribution >= 4 is 23.1 Å². The second kappa shape index (κ2) is 6.64. The van der Waals surface area contributed by atoms with Crippen LogP contribution in [0.5, 0.6) is 11.5 Å². The zero-order chi connectivity index (χ0) is 18.0. The van der Waals surface area contributed by atoms with Gasteiger partial charge in [0, 0.05) is 23.5 Å². The van der Waals surface area contributed by atoms with Crippen LogP contribution in [0.15, 0.2) is 42.6 Å². The quantitative estimate of drug-likeness (QED) is 0.571. The predicted molar refractivity (Wildman–Crippen MR) is 94.2 cm³/mol. The number of aromatic hydroxyl groups is 2. The first-order chi connectivity index (χ1) is 11.9. The van der Waals surface area contributed by atoms with Crippen LogP contribution in [0.25, 0.3) is 0 Å². The van der Waals surface area contributed by atoms with E-state index in [2.05, 4.69) is 20.6 Å². The van der Waals surface area contributed by atoms with Crippen LogP contribution in [0.2, 0.25) is 0 Å². The van der Waals surface area contributed by atoms with Crippen molar-refractivity contribution in [1.29, 1.82) is 0 Å². The number of phenolic OH excluding ortho intramolecular Hbond substituents is 2. The van der Waals surface area contributed by atoms with Gasteiger partial charge in [0.1, 0.15) is 11.5 Å². The minimum atomic E-state index is -0.627. The van der Waals surface area contributed by atoms with Crippen molar-refractivity contribution in [2.24, 2.45) is 0 Å². The van der Waals surface area contributed by atoms with Gasteiger partial charge in [0.2, 0.25) is 5.95 Å². The Hall–Kier alpha value is -3.35. The van der Waals surface area contributed by atoms with Crippen LogP contribution in [0.1, 0.15) is 11.1 Å². The second-order valence-corrected chi connectivity index (χ2v) is 5.64. The Bertz CT molecular complexity index is 931. The lowest BCUT2D eigenvalue weighted by atomic mass is 10.2. The number of hydrogen-bond donors (Lipinski definition) is 4. The molecule has 7 heteroatoms. The summed E-state index contributed by atoms with van der Waals surface area (Å²) < 4.78 is 14.0. The highest BCUT2D eigenvalue weighted by Crippen LogP contribution is 2.26. The molecule has 0 aliphatic heterocycles. The second-order valence-electron chi connectivity index (χ2n) is 5.64. The van der Waals surface area contributed by atoms with E-state index in [0.29, 0.717) is 11.4 Å². The highest BCUT2D eigenvalue weighted by atomic mass is 19.1. The van der Waals surface area contributed by atoms with E-state index >= 15 is 0 Å².